The number of fused-ring (bicyclic) bond motifs is 3. The first kappa shape index (κ1) is 46.2. The molecule has 0 radical (unpaired) electrons. The first-order chi connectivity index (χ1) is 31.2. The number of phosphoric ester groups is 3. The smallest absolute Gasteiger partial charge is 0.387 e. The molecule has 3 saturated heterocycles. The summed E-state index contributed by atoms with van der Waals surface area (Å²) in [6.45, 7) is -1.95. The molecule has 3 aliphatic rings. The molecule has 356 valence electrons. The van der Waals surface area contributed by atoms with E-state index in [1.165, 1.54) is 10.9 Å². The van der Waals surface area contributed by atoms with E-state index in [-0.39, 0.29) is 50.9 Å². The van der Waals surface area contributed by atoms with Gasteiger partial charge in [0, 0.05) is 0 Å². The standard InChI is InChI=1S/C29H36N15O19P3/c30-20-11-23(36-3-33-20)42(6-39-11)26-16(47)14(45)9(58-26)1-56-65(52,53)61-18-15(46)10(59-27(18)43-7-40-12-21(31)34-4-37-24(12)43)2-57-66(54,55)62-19-17(48)29(63-64(49,50)51)60-28(19)44-8-41-13-22(32)35-5-38-25(13)44/h3-10,14-19,26-29,45-48H,1-2H2,(H,52,53)(H,54,55)(H2,30,33,36)(H2,31,34,37)(H2,32,35,38)(H2,49,50,51)/t9-,10-,14-,15-,16-,17+,18-,19-,26?,27-,28-,29-/m1/s1. The van der Waals surface area contributed by atoms with E-state index in [4.69, 9.17) is 49.5 Å². The molecule has 0 aliphatic carbocycles. The highest BCUT2D eigenvalue weighted by Crippen LogP contribution is 2.54. The van der Waals surface area contributed by atoms with Crippen LogP contribution in [-0.4, -0.2) is 167 Å². The van der Waals surface area contributed by atoms with Gasteiger partial charge in [0.2, 0.25) is 0 Å². The Bertz CT molecular complexity index is 2920. The van der Waals surface area contributed by atoms with Crippen LogP contribution in [0.15, 0.2) is 38.0 Å². The normalized spacial score (nSPS) is 31.3. The van der Waals surface area contributed by atoms with E-state index < -0.39 is 110 Å². The van der Waals surface area contributed by atoms with Crippen LogP contribution in [0.4, 0.5) is 17.5 Å². The molecule has 0 amide bonds. The minimum Gasteiger partial charge on any atom is -0.387 e. The summed E-state index contributed by atoms with van der Waals surface area (Å²) in [4.78, 5) is 76.7. The summed E-state index contributed by atoms with van der Waals surface area (Å²) in [7, 11) is -16.2. The Kier molecular flexibility index (Phi) is 12.1. The summed E-state index contributed by atoms with van der Waals surface area (Å²) >= 11 is 0. The van der Waals surface area contributed by atoms with Crippen LogP contribution in [0.3, 0.4) is 0 Å². The van der Waals surface area contributed by atoms with Crippen molar-refractivity contribution in [3.63, 3.8) is 0 Å². The van der Waals surface area contributed by atoms with Gasteiger partial charge in [0.25, 0.3) is 0 Å². The van der Waals surface area contributed by atoms with Gasteiger partial charge in [0.15, 0.2) is 59.4 Å². The molecule has 0 aromatic carbocycles. The maximum absolute atomic E-state index is 13.6. The molecule has 34 nitrogen and oxygen atoms in total. The number of nitrogens with two attached hydrogens (primary N) is 3. The number of aromatic nitrogens is 12. The summed E-state index contributed by atoms with van der Waals surface area (Å²) in [6.07, 6.45) is -15.0. The van der Waals surface area contributed by atoms with E-state index in [2.05, 4.69) is 49.4 Å². The predicted octanol–water partition coefficient (Wildman–Crippen LogP) is -3.54. The van der Waals surface area contributed by atoms with Crippen molar-refractivity contribution in [2.24, 2.45) is 0 Å². The largest absolute Gasteiger partial charge is 0.472 e. The molecule has 3 fully saturated rings. The lowest BCUT2D eigenvalue weighted by atomic mass is 10.1. The second-order valence-corrected chi connectivity index (χ2v) is 18.5. The molecule has 9 heterocycles. The summed E-state index contributed by atoms with van der Waals surface area (Å²) in [5.41, 5.74) is 17.9. The average molecular weight is 992 g/mol. The number of ether oxygens (including phenoxy) is 3. The minimum absolute atomic E-state index is 0.00649. The molecular formula is C29H36N15O19P3. The van der Waals surface area contributed by atoms with Crippen LogP contribution in [0.5, 0.6) is 0 Å². The predicted molar refractivity (Wildman–Crippen MR) is 209 cm³/mol. The van der Waals surface area contributed by atoms with Crippen molar-refractivity contribution in [3.05, 3.63) is 38.0 Å². The molecule has 6 aromatic rings. The van der Waals surface area contributed by atoms with E-state index in [1.807, 2.05) is 0 Å². The summed E-state index contributed by atoms with van der Waals surface area (Å²) in [5.74, 6) is -0.175. The van der Waals surface area contributed by atoms with Gasteiger partial charge in [-0.05, 0) is 0 Å². The van der Waals surface area contributed by atoms with Crippen molar-refractivity contribution < 1.29 is 90.5 Å². The van der Waals surface area contributed by atoms with E-state index in [0.29, 0.717) is 0 Å². The topological polar surface area (TPSA) is 496 Å². The van der Waals surface area contributed by atoms with Crippen LogP contribution in [-0.2, 0) is 50.5 Å². The third-order valence-corrected chi connectivity index (χ3v) is 12.8. The number of rotatable bonds is 15. The van der Waals surface area contributed by atoms with Gasteiger partial charge in [-0.3, -0.25) is 36.3 Å². The van der Waals surface area contributed by atoms with Crippen molar-refractivity contribution in [3.8, 4) is 0 Å². The molecule has 0 saturated carbocycles. The van der Waals surface area contributed by atoms with Gasteiger partial charge in [0.1, 0.15) is 84.4 Å². The zero-order valence-electron chi connectivity index (χ0n) is 32.8. The van der Waals surface area contributed by atoms with Crippen molar-refractivity contribution >= 4 is 74.4 Å². The first-order valence-electron chi connectivity index (χ1n) is 18.7. The van der Waals surface area contributed by atoms with Gasteiger partial charge in [-0.2, -0.15) is 0 Å². The molecule has 6 aromatic heterocycles. The van der Waals surface area contributed by atoms with Gasteiger partial charge in [-0.1, -0.05) is 0 Å². The molecule has 37 heteroatoms. The number of aliphatic hydroxyl groups is 4. The second-order valence-electron chi connectivity index (χ2n) is 14.5. The number of hydrogen-bond acceptors (Lipinski definition) is 27. The van der Waals surface area contributed by atoms with Crippen molar-refractivity contribution in [2.75, 3.05) is 30.4 Å². The van der Waals surface area contributed by atoms with E-state index >= 15 is 0 Å². The van der Waals surface area contributed by atoms with Crippen LogP contribution >= 0.6 is 23.5 Å². The van der Waals surface area contributed by atoms with Crippen molar-refractivity contribution in [1.29, 1.82) is 0 Å². The van der Waals surface area contributed by atoms with Crippen LogP contribution in [0, 0.1) is 0 Å². The van der Waals surface area contributed by atoms with Gasteiger partial charge in [0.05, 0.1) is 32.2 Å². The molecule has 3 aliphatic heterocycles. The van der Waals surface area contributed by atoms with Gasteiger partial charge in [-0.25, -0.2) is 58.6 Å². The Labute approximate surface area is 365 Å². The highest BCUT2D eigenvalue weighted by atomic mass is 31.2. The lowest BCUT2D eigenvalue weighted by molar-refractivity contribution is -0.134. The zero-order valence-corrected chi connectivity index (χ0v) is 35.5. The number of anilines is 3. The fourth-order valence-corrected chi connectivity index (χ4v) is 9.65. The monoisotopic (exact) mass is 991 g/mol. The lowest BCUT2D eigenvalue weighted by Gasteiger charge is -2.25. The highest BCUT2D eigenvalue weighted by Gasteiger charge is 2.54. The molecule has 0 bridgehead atoms. The maximum Gasteiger partial charge on any atom is 0.472 e. The third-order valence-electron chi connectivity index (χ3n) is 10.4. The van der Waals surface area contributed by atoms with Gasteiger partial charge >= 0.3 is 23.5 Å². The van der Waals surface area contributed by atoms with Gasteiger partial charge < -0.3 is 71.4 Å². The molecule has 14 N–H and O–H groups in total. The molecule has 66 heavy (non-hydrogen) atoms. The summed E-state index contributed by atoms with van der Waals surface area (Å²) < 4.78 is 85.0. The fraction of sp³-hybridized carbons (Fsp3) is 0.483. The van der Waals surface area contributed by atoms with E-state index in [0.717, 1.165) is 40.8 Å². The number of hydrogen-bond donors (Lipinski definition) is 11. The Morgan fingerprint density at radius 3 is 1.36 bits per heavy atom. The first-order valence-corrected chi connectivity index (χ1v) is 23.3. The van der Waals surface area contributed by atoms with Crippen LogP contribution in [0.2, 0.25) is 0 Å². The maximum atomic E-state index is 13.6. The van der Waals surface area contributed by atoms with Crippen molar-refractivity contribution in [2.45, 2.75) is 73.8 Å². The number of imidazole rings is 3. The second kappa shape index (κ2) is 17.3. The zero-order chi connectivity index (χ0) is 47.0. The SMILES string of the molecule is Nc1ncnc2c1ncn2C1O[C@H](COP(=O)(O)O[C@@H]2[C@H](O)[C@@H](COP(=O)(O)O[C@@H]3[C@H](O)[C@@H](OP(=O)(O)O)O[C@H]3n3cnc4c(N)ncnc43)O[C@H]2n2cnc3c(N)ncnc32)[C@@H](O)[C@H]1O. The van der Waals surface area contributed by atoms with Gasteiger partial charge in [-0.15, -0.1) is 0 Å². The quantitative estimate of drug-likeness (QED) is 0.0444. The summed E-state index contributed by atoms with van der Waals surface area (Å²) in [5, 5.41) is 44.2. The lowest BCUT2D eigenvalue weighted by Crippen LogP contribution is -2.37. The number of aliphatic hydroxyl groups excluding tert-OH is 4. The molecule has 14 atom stereocenters. The fourth-order valence-electron chi connectivity index (χ4n) is 7.34. The number of nitrogen functional groups attached to an aromatic ring is 3. The highest BCUT2D eigenvalue weighted by molar-refractivity contribution is 7.47. The van der Waals surface area contributed by atoms with Crippen LogP contribution < -0.4 is 17.2 Å². The van der Waals surface area contributed by atoms with E-state index in [9.17, 15) is 53.7 Å². The van der Waals surface area contributed by atoms with Crippen LogP contribution in [0.1, 0.15) is 18.7 Å². The molecule has 3 unspecified atom stereocenters. The Morgan fingerprint density at radius 2 is 0.909 bits per heavy atom. The average Bonchev–Trinajstić information content (AvgIpc) is 4.11. The minimum atomic E-state index is -5.48. The number of nitrogens with zero attached hydrogens (tertiary/aromatic N) is 12. The molecule has 0 spiro atoms. The third kappa shape index (κ3) is 8.74. The van der Waals surface area contributed by atoms with Crippen molar-refractivity contribution in [1.82, 2.24) is 58.6 Å². The van der Waals surface area contributed by atoms with Crippen LogP contribution in [0.25, 0.3) is 33.5 Å². The summed E-state index contributed by atoms with van der Waals surface area (Å²) in [6, 6.07) is 0. The van der Waals surface area contributed by atoms with E-state index in [1.54, 1.807) is 0 Å². The number of phosphoric acid groups is 3. The Balaban J connectivity index is 0.921. The Hall–Kier alpha value is -4.90. The molecule has 9 rings (SSSR count). The molecular weight excluding hydrogens is 955 g/mol. The Morgan fingerprint density at radius 1 is 0.515 bits per heavy atom.